The molecule has 2 heterocycles. The molecule has 158 valence electrons. The molecule has 0 bridgehead atoms. The van der Waals surface area contributed by atoms with Gasteiger partial charge in [-0.2, -0.15) is 0 Å². The summed E-state index contributed by atoms with van der Waals surface area (Å²) in [5, 5.41) is 7.97. The Labute approximate surface area is 184 Å². The molecule has 4 rings (SSSR count). The number of carbonyl (C=O) groups is 3. The Kier molecular flexibility index (Phi) is 6.36. The second-order valence-electron chi connectivity index (χ2n) is 7.54. The van der Waals surface area contributed by atoms with E-state index in [0.29, 0.717) is 59.9 Å². The Morgan fingerprint density at radius 3 is 2.53 bits per heavy atom. The van der Waals surface area contributed by atoms with Crippen LogP contribution >= 0.6 is 22.9 Å². The number of anilines is 1. The van der Waals surface area contributed by atoms with E-state index in [1.165, 1.54) is 11.3 Å². The third-order valence-electron chi connectivity index (χ3n) is 5.18. The molecule has 3 amide bonds. The molecule has 30 heavy (non-hydrogen) atoms. The summed E-state index contributed by atoms with van der Waals surface area (Å²) in [6.45, 7) is 2.78. The van der Waals surface area contributed by atoms with Crippen molar-refractivity contribution < 1.29 is 14.4 Å². The average molecular weight is 447 g/mol. The molecule has 1 aliphatic carbocycles. The van der Waals surface area contributed by atoms with E-state index in [-0.39, 0.29) is 17.7 Å². The van der Waals surface area contributed by atoms with Crippen LogP contribution in [0.1, 0.15) is 32.9 Å². The average Bonchev–Trinajstić information content (AvgIpc) is 3.37. The molecule has 0 unspecified atom stereocenters. The van der Waals surface area contributed by atoms with Gasteiger partial charge in [0, 0.05) is 37.8 Å². The monoisotopic (exact) mass is 446 g/mol. The molecule has 0 radical (unpaired) electrons. The van der Waals surface area contributed by atoms with Gasteiger partial charge >= 0.3 is 0 Å². The summed E-state index contributed by atoms with van der Waals surface area (Å²) in [7, 11) is 0. The second-order valence-corrected chi connectivity index (χ2v) is 8.89. The smallest absolute Gasteiger partial charge is 0.265 e. The van der Waals surface area contributed by atoms with E-state index in [4.69, 9.17) is 11.6 Å². The van der Waals surface area contributed by atoms with Crippen LogP contribution in [0.4, 0.5) is 5.69 Å². The van der Waals surface area contributed by atoms with Gasteiger partial charge in [-0.1, -0.05) is 17.7 Å². The number of thiophene rings is 1. The third-order valence-corrected chi connectivity index (χ3v) is 6.37. The molecule has 0 atom stereocenters. The highest BCUT2D eigenvalue weighted by atomic mass is 35.5. The van der Waals surface area contributed by atoms with Gasteiger partial charge in [0.15, 0.2) is 0 Å². The molecule has 1 aromatic heterocycles. The standard InChI is InChI=1S/C21H23ClN4O3S/c22-16-6-3-14(12-17(16)24-20(28)18-2-1-11-30-18)21(29)26-9-7-25(8-10-26)13-19(27)23-15-4-5-15/h1-3,6,11-12,15H,4-5,7-10,13H2,(H,23,27)(H,24,28). The maximum Gasteiger partial charge on any atom is 0.265 e. The van der Waals surface area contributed by atoms with Crippen molar-refractivity contribution in [2.24, 2.45) is 0 Å². The topological polar surface area (TPSA) is 81.8 Å². The largest absolute Gasteiger partial charge is 0.352 e. The fourth-order valence-corrected chi connectivity index (χ4v) is 4.13. The first-order valence-corrected chi connectivity index (χ1v) is 11.2. The molecule has 2 aliphatic rings. The second kappa shape index (κ2) is 9.16. The predicted molar refractivity (Wildman–Crippen MR) is 117 cm³/mol. The van der Waals surface area contributed by atoms with Crippen LogP contribution in [-0.4, -0.2) is 66.3 Å². The van der Waals surface area contributed by atoms with Crippen LogP contribution in [0.5, 0.6) is 0 Å². The van der Waals surface area contributed by atoms with Crippen LogP contribution < -0.4 is 10.6 Å². The number of nitrogens with one attached hydrogen (secondary N) is 2. The summed E-state index contributed by atoms with van der Waals surface area (Å²) in [4.78, 5) is 41.6. The van der Waals surface area contributed by atoms with E-state index in [9.17, 15) is 14.4 Å². The summed E-state index contributed by atoms with van der Waals surface area (Å²) >= 11 is 7.56. The van der Waals surface area contributed by atoms with Crippen molar-refractivity contribution >= 4 is 46.3 Å². The number of rotatable bonds is 6. The van der Waals surface area contributed by atoms with E-state index in [1.54, 1.807) is 35.2 Å². The summed E-state index contributed by atoms with van der Waals surface area (Å²) in [6.07, 6.45) is 2.15. The number of nitrogens with zero attached hydrogens (tertiary/aromatic N) is 2. The van der Waals surface area contributed by atoms with Crippen molar-refractivity contribution in [2.45, 2.75) is 18.9 Å². The Hall–Kier alpha value is -2.42. The number of halogens is 1. The van der Waals surface area contributed by atoms with E-state index in [0.717, 1.165) is 12.8 Å². The van der Waals surface area contributed by atoms with Gasteiger partial charge in [-0.15, -0.1) is 11.3 Å². The molecule has 1 saturated heterocycles. The van der Waals surface area contributed by atoms with E-state index in [2.05, 4.69) is 15.5 Å². The summed E-state index contributed by atoms with van der Waals surface area (Å²) in [6, 6.07) is 8.80. The maximum atomic E-state index is 12.9. The van der Waals surface area contributed by atoms with Crippen molar-refractivity contribution in [3.05, 3.63) is 51.2 Å². The molecule has 1 aliphatic heterocycles. The zero-order chi connectivity index (χ0) is 21.1. The number of benzene rings is 1. The first-order valence-electron chi connectivity index (χ1n) is 9.95. The molecule has 0 spiro atoms. The molecule has 1 aromatic carbocycles. The van der Waals surface area contributed by atoms with Crippen LogP contribution in [-0.2, 0) is 4.79 Å². The Morgan fingerprint density at radius 2 is 1.87 bits per heavy atom. The normalized spacial score (nSPS) is 16.9. The van der Waals surface area contributed by atoms with Crippen LogP contribution in [0, 0.1) is 0 Å². The maximum absolute atomic E-state index is 12.9. The number of hydrogen-bond donors (Lipinski definition) is 2. The molecular weight excluding hydrogens is 424 g/mol. The molecule has 2 fully saturated rings. The van der Waals surface area contributed by atoms with Crippen molar-refractivity contribution in [3.63, 3.8) is 0 Å². The summed E-state index contributed by atoms with van der Waals surface area (Å²) < 4.78 is 0. The van der Waals surface area contributed by atoms with E-state index in [1.807, 2.05) is 5.38 Å². The van der Waals surface area contributed by atoms with Gasteiger partial charge in [0.1, 0.15) is 0 Å². The molecule has 9 heteroatoms. The van der Waals surface area contributed by atoms with Crippen LogP contribution in [0.15, 0.2) is 35.7 Å². The lowest BCUT2D eigenvalue weighted by Gasteiger charge is -2.34. The molecule has 7 nitrogen and oxygen atoms in total. The fraction of sp³-hybridized carbons (Fsp3) is 0.381. The van der Waals surface area contributed by atoms with Gasteiger partial charge in [-0.3, -0.25) is 19.3 Å². The van der Waals surface area contributed by atoms with Crippen LogP contribution in [0.25, 0.3) is 0 Å². The molecule has 1 saturated carbocycles. The minimum absolute atomic E-state index is 0.0566. The van der Waals surface area contributed by atoms with Crippen molar-refractivity contribution in [1.82, 2.24) is 15.1 Å². The zero-order valence-corrected chi connectivity index (χ0v) is 18.0. The van der Waals surface area contributed by atoms with Gasteiger partial charge in [0.05, 0.1) is 22.1 Å². The highest BCUT2D eigenvalue weighted by Gasteiger charge is 2.27. The van der Waals surface area contributed by atoms with Gasteiger partial charge in [-0.05, 0) is 42.5 Å². The first kappa shape index (κ1) is 20.8. The van der Waals surface area contributed by atoms with E-state index >= 15 is 0 Å². The van der Waals surface area contributed by atoms with E-state index < -0.39 is 0 Å². The summed E-state index contributed by atoms with van der Waals surface area (Å²) in [5.41, 5.74) is 0.886. The molecule has 2 N–H and O–H groups in total. The lowest BCUT2D eigenvalue weighted by Crippen LogP contribution is -2.51. The van der Waals surface area contributed by atoms with Gasteiger partial charge in [0.25, 0.3) is 11.8 Å². The first-order chi connectivity index (χ1) is 14.5. The van der Waals surface area contributed by atoms with Crippen LogP contribution in [0.2, 0.25) is 5.02 Å². The Morgan fingerprint density at radius 1 is 1.10 bits per heavy atom. The van der Waals surface area contributed by atoms with Gasteiger partial charge in [-0.25, -0.2) is 0 Å². The van der Waals surface area contributed by atoms with Gasteiger partial charge < -0.3 is 15.5 Å². The van der Waals surface area contributed by atoms with Crippen molar-refractivity contribution in [2.75, 3.05) is 38.0 Å². The molecular formula is C21H23ClN4O3S. The lowest BCUT2D eigenvalue weighted by molar-refractivity contribution is -0.122. The Bertz CT molecular complexity index is 938. The number of hydrogen-bond acceptors (Lipinski definition) is 5. The minimum Gasteiger partial charge on any atom is -0.352 e. The zero-order valence-electron chi connectivity index (χ0n) is 16.4. The molecule has 2 aromatic rings. The van der Waals surface area contributed by atoms with Crippen LogP contribution in [0.3, 0.4) is 0 Å². The number of piperazine rings is 1. The SMILES string of the molecule is O=C(CN1CCN(C(=O)c2ccc(Cl)c(NC(=O)c3cccs3)c2)CC1)NC1CC1. The van der Waals surface area contributed by atoms with Crippen molar-refractivity contribution in [1.29, 1.82) is 0 Å². The minimum atomic E-state index is -0.255. The highest BCUT2D eigenvalue weighted by Crippen LogP contribution is 2.25. The Balaban J connectivity index is 1.34. The number of amides is 3. The highest BCUT2D eigenvalue weighted by molar-refractivity contribution is 7.12. The quantitative estimate of drug-likeness (QED) is 0.714. The lowest BCUT2D eigenvalue weighted by atomic mass is 10.1. The summed E-state index contributed by atoms with van der Waals surface area (Å²) in [5.74, 6) is -0.309. The fourth-order valence-electron chi connectivity index (χ4n) is 3.34. The van der Waals surface area contributed by atoms with Gasteiger partial charge in [0.2, 0.25) is 5.91 Å². The van der Waals surface area contributed by atoms with Crippen molar-refractivity contribution in [3.8, 4) is 0 Å². The third kappa shape index (κ3) is 5.19. The predicted octanol–water partition coefficient (Wildman–Crippen LogP) is 2.69. The number of carbonyl (C=O) groups excluding carboxylic acids is 3.